The van der Waals surface area contributed by atoms with Crippen molar-refractivity contribution in [1.82, 2.24) is 5.32 Å². The predicted molar refractivity (Wildman–Crippen MR) is 50.4 cm³/mol. The first-order valence-corrected chi connectivity index (χ1v) is 5.06. The van der Waals surface area contributed by atoms with E-state index >= 15 is 0 Å². The number of carboxylic acids is 1. The van der Waals surface area contributed by atoms with E-state index in [1.807, 2.05) is 0 Å². The number of carbonyl (C=O) groups is 1. The first-order valence-electron chi connectivity index (χ1n) is 5.06. The quantitative estimate of drug-likeness (QED) is 0.600. The van der Waals surface area contributed by atoms with Crippen LogP contribution >= 0.6 is 0 Å². The van der Waals surface area contributed by atoms with Crippen molar-refractivity contribution in [3.05, 3.63) is 0 Å². The van der Waals surface area contributed by atoms with Gasteiger partial charge in [-0.25, -0.2) is 13.6 Å². The van der Waals surface area contributed by atoms with Crippen LogP contribution in [0.5, 0.6) is 0 Å². The molecule has 0 aliphatic carbocycles. The molecule has 1 aliphatic rings. The normalized spacial score (nSPS) is 27.2. The number of aliphatic hydroxyl groups is 1. The predicted octanol–water partition coefficient (Wildman–Crippen LogP) is -0.166. The SMILES string of the molecule is O=C(O)C1CCC(CNCC(O)C(F)F)O1. The molecule has 0 aromatic heterocycles. The summed E-state index contributed by atoms with van der Waals surface area (Å²) in [5, 5.41) is 20.0. The van der Waals surface area contributed by atoms with Crippen LogP contribution in [0.25, 0.3) is 0 Å². The first-order chi connectivity index (χ1) is 7.50. The number of carboxylic acid groups (broad SMARTS) is 1. The minimum absolute atomic E-state index is 0.227. The van der Waals surface area contributed by atoms with E-state index < -0.39 is 24.6 Å². The monoisotopic (exact) mass is 239 g/mol. The Morgan fingerprint density at radius 3 is 2.69 bits per heavy atom. The first kappa shape index (κ1) is 13.3. The Hall–Kier alpha value is -0.790. The van der Waals surface area contributed by atoms with Gasteiger partial charge in [-0.3, -0.25) is 0 Å². The average molecular weight is 239 g/mol. The summed E-state index contributed by atoms with van der Waals surface area (Å²) in [6, 6.07) is 0. The van der Waals surface area contributed by atoms with Crippen LogP contribution in [-0.2, 0) is 9.53 Å². The van der Waals surface area contributed by atoms with Gasteiger partial charge in [-0.1, -0.05) is 0 Å². The van der Waals surface area contributed by atoms with Gasteiger partial charge >= 0.3 is 5.97 Å². The third-order valence-corrected chi connectivity index (χ3v) is 2.40. The van der Waals surface area contributed by atoms with Crippen molar-refractivity contribution in [2.24, 2.45) is 0 Å². The summed E-state index contributed by atoms with van der Waals surface area (Å²) >= 11 is 0. The lowest BCUT2D eigenvalue weighted by Gasteiger charge is -2.14. The Morgan fingerprint density at radius 2 is 2.19 bits per heavy atom. The molecule has 0 spiro atoms. The number of hydrogen-bond donors (Lipinski definition) is 3. The van der Waals surface area contributed by atoms with Gasteiger partial charge in [-0.15, -0.1) is 0 Å². The maximum Gasteiger partial charge on any atom is 0.332 e. The molecule has 94 valence electrons. The molecule has 0 aromatic rings. The molecule has 3 N–H and O–H groups in total. The highest BCUT2D eigenvalue weighted by Crippen LogP contribution is 2.19. The van der Waals surface area contributed by atoms with Gasteiger partial charge in [0, 0.05) is 13.1 Å². The van der Waals surface area contributed by atoms with E-state index in [9.17, 15) is 13.6 Å². The fourth-order valence-electron chi connectivity index (χ4n) is 1.52. The molecule has 0 amide bonds. The van der Waals surface area contributed by atoms with Crippen LogP contribution in [0.3, 0.4) is 0 Å². The highest BCUT2D eigenvalue weighted by Gasteiger charge is 2.30. The molecule has 0 radical (unpaired) electrons. The molecule has 3 unspecified atom stereocenters. The Labute approximate surface area is 91.4 Å². The molecule has 1 saturated heterocycles. The zero-order valence-electron chi connectivity index (χ0n) is 8.60. The summed E-state index contributed by atoms with van der Waals surface area (Å²) in [5.74, 6) is -1.00. The Balaban J connectivity index is 2.13. The molecule has 1 fully saturated rings. The third kappa shape index (κ3) is 3.99. The summed E-state index contributed by atoms with van der Waals surface area (Å²) in [6.45, 7) is 0.0445. The number of rotatable bonds is 6. The Morgan fingerprint density at radius 1 is 1.50 bits per heavy atom. The highest BCUT2D eigenvalue weighted by atomic mass is 19.3. The highest BCUT2D eigenvalue weighted by molar-refractivity contribution is 5.72. The largest absolute Gasteiger partial charge is 0.479 e. The van der Waals surface area contributed by atoms with Crippen molar-refractivity contribution in [2.75, 3.05) is 13.1 Å². The lowest BCUT2D eigenvalue weighted by atomic mass is 10.2. The van der Waals surface area contributed by atoms with Crippen LogP contribution in [0, 0.1) is 0 Å². The molecule has 16 heavy (non-hydrogen) atoms. The van der Waals surface area contributed by atoms with Gasteiger partial charge in [0.1, 0.15) is 6.10 Å². The molecule has 0 bridgehead atoms. The number of alkyl halides is 2. The molecule has 0 saturated carbocycles. The zero-order chi connectivity index (χ0) is 12.1. The molecule has 3 atom stereocenters. The van der Waals surface area contributed by atoms with Gasteiger partial charge in [-0.05, 0) is 12.8 Å². The van der Waals surface area contributed by atoms with Crippen molar-refractivity contribution in [1.29, 1.82) is 0 Å². The number of aliphatic carboxylic acids is 1. The van der Waals surface area contributed by atoms with Crippen LogP contribution in [-0.4, -0.2) is 54.0 Å². The molecular weight excluding hydrogens is 224 g/mol. The topological polar surface area (TPSA) is 78.8 Å². The molecule has 7 heteroatoms. The van der Waals surface area contributed by atoms with Crippen LogP contribution < -0.4 is 5.32 Å². The molecule has 0 aromatic carbocycles. The summed E-state index contributed by atoms with van der Waals surface area (Å²) in [7, 11) is 0. The van der Waals surface area contributed by atoms with Gasteiger partial charge in [0.05, 0.1) is 6.10 Å². The Kier molecular flexibility index (Phi) is 5.04. The molecule has 1 rings (SSSR count). The van der Waals surface area contributed by atoms with E-state index in [1.165, 1.54) is 0 Å². The Bertz CT molecular complexity index is 240. The number of nitrogens with one attached hydrogen (secondary N) is 1. The number of hydrogen-bond acceptors (Lipinski definition) is 4. The fraction of sp³-hybridized carbons (Fsp3) is 0.889. The van der Waals surface area contributed by atoms with Crippen LogP contribution in [0.2, 0.25) is 0 Å². The van der Waals surface area contributed by atoms with Gasteiger partial charge in [-0.2, -0.15) is 0 Å². The second-order valence-corrected chi connectivity index (χ2v) is 3.72. The second-order valence-electron chi connectivity index (χ2n) is 3.72. The van der Waals surface area contributed by atoms with Crippen molar-refractivity contribution >= 4 is 5.97 Å². The standard InChI is InChI=1S/C9H15F2NO4/c10-8(11)6(13)4-12-3-5-1-2-7(16-5)9(14)15/h5-8,12-13H,1-4H2,(H,14,15). The van der Waals surface area contributed by atoms with Gasteiger partial charge in [0.2, 0.25) is 0 Å². The van der Waals surface area contributed by atoms with E-state index in [0.29, 0.717) is 12.8 Å². The fourth-order valence-corrected chi connectivity index (χ4v) is 1.52. The minimum Gasteiger partial charge on any atom is -0.479 e. The number of ether oxygens (including phenoxy) is 1. The van der Waals surface area contributed by atoms with Crippen LogP contribution in [0.1, 0.15) is 12.8 Å². The van der Waals surface area contributed by atoms with E-state index in [1.54, 1.807) is 0 Å². The van der Waals surface area contributed by atoms with Crippen molar-refractivity contribution in [2.45, 2.75) is 37.6 Å². The lowest BCUT2D eigenvalue weighted by molar-refractivity contribution is -0.149. The maximum absolute atomic E-state index is 11.9. The lowest BCUT2D eigenvalue weighted by Crippen LogP contribution is -2.36. The number of aliphatic hydroxyl groups excluding tert-OH is 1. The van der Waals surface area contributed by atoms with Crippen molar-refractivity contribution in [3.8, 4) is 0 Å². The summed E-state index contributed by atoms with van der Waals surface area (Å²) in [6.07, 6.45) is -4.55. The van der Waals surface area contributed by atoms with Crippen molar-refractivity contribution in [3.63, 3.8) is 0 Å². The molecule has 1 aliphatic heterocycles. The number of halogens is 2. The minimum atomic E-state index is -2.77. The van der Waals surface area contributed by atoms with Gasteiger partial charge in [0.15, 0.2) is 6.10 Å². The molecule has 5 nitrogen and oxygen atoms in total. The molecular formula is C9H15F2NO4. The summed E-state index contributed by atoms with van der Waals surface area (Å²) in [5.41, 5.74) is 0. The van der Waals surface area contributed by atoms with Gasteiger partial charge < -0.3 is 20.3 Å². The van der Waals surface area contributed by atoms with E-state index in [-0.39, 0.29) is 19.2 Å². The van der Waals surface area contributed by atoms with Crippen LogP contribution in [0.15, 0.2) is 0 Å². The summed E-state index contributed by atoms with van der Waals surface area (Å²) in [4.78, 5) is 10.5. The van der Waals surface area contributed by atoms with Crippen LogP contribution in [0.4, 0.5) is 8.78 Å². The second kappa shape index (κ2) is 6.07. The smallest absolute Gasteiger partial charge is 0.332 e. The van der Waals surface area contributed by atoms with Gasteiger partial charge in [0.25, 0.3) is 6.43 Å². The molecule has 1 heterocycles. The van der Waals surface area contributed by atoms with E-state index in [4.69, 9.17) is 14.9 Å². The maximum atomic E-state index is 11.9. The third-order valence-electron chi connectivity index (χ3n) is 2.40. The van der Waals surface area contributed by atoms with E-state index in [0.717, 1.165) is 0 Å². The van der Waals surface area contributed by atoms with E-state index in [2.05, 4.69) is 5.32 Å². The zero-order valence-corrected chi connectivity index (χ0v) is 8.60. The van der Waals surface area contributed by atoms with Crippen molar-refractivity contribution < 1.29 is 28.5 Å². The average Bonchev–Trinajstić information content (AvgIpc) is 2.66. The summed E-state index contributed by atoms with van der Waals surface area (Å²) < 4.78 is 28.9.